The van der Waals surface area contributed by atoms with Gasteiger partial charge in [0.05, 0.1) is 30.4 Å². The molecule has 1 aliphatic heterocycles. The van der Waals surface area contributed by atoms with E-state index >= 15 is 0 Å². The highest BCUT2D eigenvalue weighted by Crippen LogP contribution is 2.36. The first kappa shape index (κ1) is 17.8. The lowest BCUT2D eigenvalue weighted by Crippen LogP contribution is -2.27. The Labute approximate surface area is 154 Å². The molecule has 2 aromatic rings. The minimum atomic E-state index is -0.435. The topological polar surface area (TPSA) is 72.9 Å². The molecule has 26 heavy (non-hydrogen) atoms. The number of hydrogen-bond acceptors (Lipinski definition) is 6. The van der Waals surface area contributed by atoms with Crippen LogP contribution in [0, 0.1) is 0 Å². The van der Waals surface area contributed by atoms with E-state index in [1.807, 2.05) is 0 Å². The minimum absolute atomic E-state index is 0.309. The van der Waals surface area contributed by atoms with Crippen molar-refractivity contribution in [2.24, 2.45) is 0 Å². The number of thioether (sulfide) groups is 1. The molecule has 0 aliphatic carbocycles. The van der Waals surface area contributed by atoms with Gasteiger partial charge in [-0.25, -0.2) is 9.69 Å². The zero-order chi connectivity index (χ0) is 18.7. The van der Waals surface area contributed by atoms with Crippen LogP contribution in [-0.2, 0) is 9.53 Å². The maximum absolute atomic E-state index is 12.6. The fourth-order valence-corrected chi connectivity index (χ4v) is 3.27. The quantitative estimate of drug-likeness (QED) is 0.604. The molecule has 7 heteroatoms. The summed E-state index contributed by atoms with van der Waals surface area (Å²) in [5, 5.41) is -0.374. The molecule has 6 nitrogen and oxygen atoms in total. The van der Waals surface area contributed by atoms with Gasteiger partial charge in [0.2, 0.25) is 0 Å². The number of anilines is 1. The molecular formula is C19H15NO5S. The maximum Gasteiger partial charge on any atom is 0.337 e. The van der Waals surface area contributed by atoms with Gasteiger partial charge in [-0.15, -0.1) is 0 Å². The highest BCUT2D eigenvalue weighted by molar-refractivity contribution is 8.19. The van der Waals surface area contributed by atoms with Gasteiger partial charge >= 0.3 is 5.97 Å². The number of hydrogen-bond donors (Lipinski definition) is 0. The van der Waals surface area contributed by atoms with Crippen molar-refractivity contribution in [3.63, 3.8) is 0 Å². The van der Waals surface area contributed by atoms with Crippen molar-refractivity contribution < 1.29 is 23.9 Å². The Morgan fingerprint density at radius 1 is 1.08 bits per heavy atom. The van der Waals surface area contributed by atoms with Gasteiger partial charge in [0.25, 0.3) is 11.1 Å². The standard InChI is InChI=1S/C19H15NO5S/c1-24-15-5-3-4-14(11-15)20-17(21)16(26-19(20)23)10-12-6-8-13(9-7-12)18(22)25-2/h3-11H,1-2H3/b16-10-. The van der Waals surface area contributed by atoms with E-state index in [4.69, 9.17) is 4.74 Å². The van der Waals surface area contributed by atoms with E-state index in [2.05, 4.69) is 4.74 Å². The molecule has 1 saturated heterocycles. The molecule has 0 spiro atoms. The Bertz CT molecular complexity index is 904. The molecule has 0 N–H and O–H groups in total. The van der Waals surface area contributed by atoms with E-state index in [0.717, 1.165) is 16.7 Å². The Morgan fingerprint density at radius 3 is 2.46 bits per heavy atom. The van der Waals surface area contributed by atoms with Crippen molar-refractivity contribution in [3.05, 3.63) is 64.6 Å². The van der Waals surface area contributed by atoms with Crippen LogP contribution in [0.3, 0.4) is 0 Å². The molecule has 132 valence electrons. The summed E-state index contributed by atoms with van der Waals surface area (Å²) in [6, 6.07) is 13.3. The molecule has 0 bridgehead atoms. The number of amides is 2. The monoisotopic (exact) mass is 369 g/mol. The summed E-state index contributed by atoms with van der Waals surface area (Å²) in [6.45, 7) is 0. The Morgan fingerprint density at radius 2 is 1.81 bits per heavy atom. The van der Waals surface area contributed by atoms with Crippen molar-refractivity contribution in [1.29, 1.82) is 0 Å². The number of imide groups is 1. The molecule has 1 fully saturated rings. The molecule has 1 heterocycles. The fourth-order valence-electron chi connectivity index (χ4n) is 2.42. The highest BCUT2D eigenvalue weighted by Gasteiger charge is 2.36. The molecule has 1 aliphatic rings. The van der Waals surface area contributed by atoms with Gasteiger partial charge < -0.3 is 9.47 Å². The van der Waals surface area contributed by atoms with Crippen LogP contribution in [0.2, 0.25) is 0 Å². The van der Waals surface area contributed by atoms with E-state index < -0.39 is 11.9 Å². The van der Waals surface area contributed by atoms with Crippen LogP contribution in [0.15, 0.2) is 53.4 Å². The van der Waals surface area contributed by atoms with Gasteiger partial charge in [-0.3, -0.25) is 9.59 Å². The second-order valence-corrected chi connectivity index (χ2v) is 6.33. The van der Waals surface area contributed by atoms with Gasteiger partial charge in [-0.2, -0.15) is 0 Å². The van der Waals surface area contributed by atoms with Crippen molar-refractivity contribution in [1.82, 2.24) is 0 Å². The summed E-state index contributed by atoms with van der Waals surface area (Å²) < 4.78 is 9.79. The third kappa shape index (κ3) is 3.48. The first-order valence-corrected chi connectivity index (χ1v) is 8.45. The van der Waals surface area contributed by atoms with Gasteiger partial charge in [-0.1, -0.05) is 18.2 Å². The van der Waals surface area contributed by atoms with Crippen LogP contribution in [0.5, 0.6) is 5.75 Å². The normalized spacial score (nSPS) is 15.5. The van der Waals surface area contributed by atoms with Crippen molar-refractivity contribution in [2.45, 2.75) is 0 Å². The van der Waals surface area contributed by atoms with Gasteiger partial charge in [0, 0.05) is 6.07 Å². The number of ether oxygens (including phenoxy) is 2. The maximum atomic E-state index is 12.6. The summed E-state index contributed by atoms with van der Waals surface area (Å²) in [6.07, 6.45) is 1.62. The van der Waals surface area contributed by atoms with E-state index in [1.54, 1.807) is 54.6 Å². The number of benzene rings is 2. The van der Waals surface area contributed by atoms with E-state index in [9.17, 15) is 14.4 Å². The zero-order valence-electron chi connectivity index (χ0n) is 14.1. The Hall–Kier alpha value is -3.06. The first-order chi connectivity index (χ1) is 12.5. The number of carbonyl (C=O) groups excluding carboxylic acids is 3. The molecule has 3 rings (SSSR count). The van der Waals surface area contributed by atoms with Crippen molar-refractivity contribution in [2.75, 3.05) is 19.1 Å². The van der Waals surface area contributed by atoms with Crippen LogP contribution < -0.4 is 9.64 Å². The van der Waals surface area contributed by atoms with Crippen LogP contribution >= 0.6 is 11.8 Å². The number of esters is 1. The Kier molecular flexibility index (Phi) is 5.09. The van der Waals surface area contributed by atoms with Gasteiger partial charge in [-0.05, 0) is 47.7 Å². The van der Waals surface area contributed by atoms with Crippen LogP contribution in [0.1, 0.15) is 15.9 Å². The van der Waals surface area contributed by atoms with Crippen molar-refractivity contribution >= 4 is 40.6 Å². The molecular weight excluding hydrogens is 354 g/mol. The number of methoxy groups -OCH3 is 2. The second kappa shape index (κ2) is 7.45. The molecule has 0 atom stereocenters. The predicted octanol–water partition coefficient (Wildman–Crippen LogP) is 3.72. The van der Waals surface area contributed by atoms with Crippen LogP contribution in [-0.4, -0.2) is 31.3 Å². The van der Waals surface area contributed by atoms with Gasteiger partial charge in [0.1, 0.15) is 5.75 Å². The summed E-state index contributed by atoms with van der Waals surface area (Å²) in [5.74, 6) is -0.274. The number of carbonyl (C=O) groups is 3. The lowest BCUT2D eigenvalue weighted by Gasteiger charge is -2.13. The summed E-state index contributed by atoms with van der Waals surface area (Å²) in [7, 11) is 2.83. The molecule has 2 aromatic carbocycles. The average molecular weight is 369 g/mol. The second-order valence-electron chi connectivity index (χ2n) is 5.33. The minimum Gasteiger partial charge on any atom is -0.497 e. The van der Waals surface area contributed by atoms with Gasteiger partial charge in [0.15, 0.2) is 0 Å². The molecule has 0 unspecified atom stereocenters. The number of rotatable bonds is 4. The third-order valence-electron chi connectivity index (χ3n) is 3.73. The zero-order valence-corrected chi connectivity index (χ0v) is 14.9. The van der Waals surface area contributed by atoms with Crippen molar-refractivity contribution in [3.8, 4) is 5.75 Å². The molecule has 0 aromatic heterocycles. The predicted molar refractivity (Wildman–Crippen MR) is 99.2 cm³/mol. The first-order valence-electron chi connectivity index (χ1n) is 7.64. The summed E-state index contributed by atoms with van der Waals surface area (Å²) in [4.78, 5) is 37.8. The smallest absolute Gasteiger partial charge is 0.337 e. The van der Waals surface area contributed by atoms with E-state index in [0.29, 0.717) is 27.5 Å². The lowest BCUT2D eigenvalue weighted by atomic mass is 10.1. The molecule has 2 amide bonds. The summed E-state index contributed by atoms with van der Waals surface area (Å²) >= 11 is 0.866. The van der Waals surface area contributed by atoms with E-state index in [-0.39, 0.29) is 5.24 Å². The highest BCUT2D eigenvalue weighted by atomic mass is 32.2. The third-order valence-corrected chi connectivity index (χ3v) is 4.60. The number of nitrogens with zero attached hydrogens (tertiary/aromatic N) is 1. The lowest BCUT2D eigenvalue weighted by molar-refractivity contribution is -0.113. The fraction of sp³-hybridized carbons (Fsp3) is 0.105. The SMILES string of the molecule is COC(=O)c1ccc(/C=C2\SC(=O)N(c3cccc(OC)c3)C2=O)cc1. The average Bonchev–Trinajstić information content (AvgIpc) is 2.95. The molecule has 0 radical (unpaired) electrons. The largest absolute Gasteiger partial charge is 0.497 e. The van der Waals surface area contributed by atoms with Crippen LogP contribution in [0.4, 0.5) is 10.5 Å². The molecule has 0 saturated carbocycles. The van der Waals surface area contributed by atoms with Crippen LogP contribution in [0.25, 0.3) is 6.08 Å². The van der Waals surface area contributed by atoms with E-state index in [1.165, 1.54) is 14.2 Å². The summed E-state index contributed by atoms with van der Waals surface area (Å²) in [5.41, 5.74) is 1.57. The Balaban J connectivity index is 1.86.